The molecule has 0 atom stereocenters. The van der Waals surface area contributed by atoms with Crippen LogP contribution in [0.1, 0.15) is 19.4 Å². The normalized spacial score (nSPS) is 11.6. The minimum atomic E-state index is -0.214. The van der Waals surface area contributed by atoms with Gasteiger partial charge in [-0.15, -0.1) is 0 Å². The summed E-state index contributed by atoms with van der Waals surface area (Å²) in [4.78, 5) is 15.4. The summed E-state index contributed by atoms with van der Waals surface area (Å²) in [6, 6.07) is 8.48. The third-order valence-electron chi connectivity index (χ3n) is 3.46. The fourth-order valence-electron chi connectivity index (χ4n) is 2.35. The third kappa shape index (κ3) is 4.32. The molecule has 3 rings (SSSR count). The van der Waals surface area contributed by atoms with Crippen LogP contribution >= 0.6 is 0 Å². The highest BCUT2D eigenvalue weighted by atomic mass is 16.5. The van der Waals surface area contributed by atoms with Crippen LogP contribution in [0.2, 0.25) is 0 Å². The van der Waals surface area contributed by atoms with Crippen LogP contribution in [0, 0.1) is 5.41 Å². The van der Waals surface area contributed by atoms with E-state index >= 15 is 0 Å². The Labute approximate surface area is 155 Å². The van der Waals surface area contributed by atoms with Crippen molar-refractivity contribution >= 4 is 28.9 Å². The SMILES string of the molecule is COc1nccc2[nH]c(/N=C(\N)OC(=N)c3ccc(OC(C)C)cc3)nc12. The van der Waals surface area contributed by atoms with E-state index < -0.39 is 0 Å². The van der Waals surface area contributed by atoms with Gasteiger partial charge in [0.1, 0.15) is 5.75 Å². The van der Waals surface area contributed by atoms with Crippen LogP contribution in [0.25, 0.3) is 11.0 Å². The van der Waals surface area contributed by atoms with Gasteiger partial charge in [-0.05, 0) is 44.2 Å². The summed E-state index contributed by atoms with van der Waals surface area (Å²) >= 11 is 0. The summed E-state index contributed by atoms with van der Waals surface area (Å²) < 4.78 is 16.0. The molecule has 0 unspecified atom stereocenters. The van der Waals surface area contributed by atoms with Crippen molar-refractivity contribution in [3.05, 3.63) is 42.1 Å². The Kier molecular flexibility index (Phi) is 5.20. The number of nitrogens with two attached hydrogens (primary N) is 1. The van der Waals surface area contributed by atoms with Crippen molar-refractivity contribution in [2.45, 2.75) is 20.0 Å². The highest BCUT2D eigenvalue weighted by Gasteiger charge is 2.11. The number of amidine groups is 1. The molecule has 0 amide bonds. The zero-order valence-electron chi connectivity index (χ0n) is 15.2. The van der Waals surface area contributed by atoms with Gasteiger partial charge >= 0.3 is 0 Å². The van der Waals surface area contributed by atoms with E-state index in [9.17, 15) is 0 Å². The van der Waals surface area contributed by atoms with E-state index in [1.807, 2.05) is 13.8 Å². The van der Waals surface area contributed by atoms with Crippen molar-refractivity contribution in [1.29, 1.82) is 5.41 Å². The van der Waals surface area contributed by atoms with E-state index in [2.05, 4.69) is 19.9 Å². The summed E-state index contributed by atoms with van der Waals surface area (Å²) in [6.45, 7) is 3.89. The number of hydrogen-bond donors (Lipinski definition) is 3. The van der Waals surface area contributed by atoms with E-state index in [4.69, 9.17) is 25.4 Å². The van der Waals surface area contributed by atoms with Gasteiger partial charge in [0.05, 0.1) is 18.7 Å². The maximum Gasteiger partial charge on any atom is 0.296 e. The van der Waals surface area contributed by atoms with Gasteiger partial charge in [-0.1, -0.05) is 0 Å². The quantitative estimate of drug-likeness (QED) is 0.469. The molecule has 0 aliphatic heterocycles. The number of pyridine rings is 1. The molecule has 0 aliphatic rings. The molecule has 9 heteroatoms. The average Bonchev–Trinajstić information content (AvgIpc) is 3.03. The van der Waals surface area contributed by atoms with Crippen molar-refractivity contribution in [1.82, 2.24) is 15.0 Å². The molecule has 0 aliphatic carbocycles. The van der Waals surface area contributed by atoms with E-state index in [-0.39, 0.29) is 24.0 Å². The Balaban J connectivity index is 1.72. The van der Waals surface area contributed by atoms with E-state index in [1.54, 1.807) is 36.5 Å². The molecular formula is C18H20N6O3. The van der Waals surface area contributed by atoms with Gasteiger partial charge in [-0.2, -0.15) is 4.99 Å². The van der Waals surface area contributed by atoms with Gasteiger partial charge in [0, 0.05) is 11.8 Å². The first-order valence-electron chi connectivity index (χ1n) is 8.22. The summed E-state index contributed by atoms with van der Waals surface area (Å²) in [5, 5.41) is 8.02. The first-order valence-corrected chi connectivity index (χ1v) is 8.22. The molecule has 2 heterocycles. The first-order chi connectivity index (χ1) is 13.0. The van der Waals surface area contributed by atoms with Gasteiger partial charge in [-0.25, -0.2) is 9.97 Å². The molecular weight excluding hydrogens is 348 g/mol. The summed E-state index contributed by atoms with van der Waals surface area (Å²) in [7, 11) is 1.51. The predicted octanol–water partition coefficient (Wildman–Crippen LogP) is 2.74. The summed E-state index contributed by atoms with van der Waals surface area (Å²) in [6.07, 6.45) is 1.67. The number of aromatic amines is 1. The van der Waals surface area contributed by atoms with Gasteiger partial charge in [0.15, 0.2) is 5.52 Å². The highest BCUT2D eigenvalue weighted by molar-refractivity contribution is 5.99. The molecule has 27 heavy (non-hydrogen) atoms. The van der Waals surface area contributed by atoms with Crippen LogP contribution in [0.15, 0.2) is 41.5 Å². The number of nitrogens with zero attached hydrogens (tertiary/aromatic N) is 3. The monoisotopic (exact) mass is 368 g/mol. The molecule has 0 fully saturated rings. The first kappa shape index (κ1) is 18.2. The summed E-state index contributed by atoms with van der Waals surface area (Å²) in [5.74, 6) is 1.18. The van der Waals surface area contributed by atoms with Gasteiger partial charge in [-0.3, -0.25) is 5.41 Å². The number of H-pyrrole nitrogens is 1. The van der Waals surface area contributed by atoms with Crippen molar-refractivity contribution < 1.29 is 14.2 Å². The Bertz CT molecular complexity index is 978. The highest BCUT2D eigenvalue weighted by Crippen LogP contribution is 2.23. The minimum Gasteiger partial charge on any atom is -0.491 e. The fourth-order valence-corrected chi connectivity index (χ4v) is 2.35. The van der Waals surface area contributed by atoms with E-state index in [1.165, 1.54) is 7.11 Å². The molecule has 0 spiro atoms. The van der Waals surface area contributed by atoms with Crippen molar-refractivity contribution in [3.63, 3.8) is 0 Å². The largest absolute Gasteiger partial charge is 0.491 e. The number of fused-ring (bicyclic) bond motifs is 1. The maximum atomic E-state index is 8.02. The zero-order chi connectivity index (χ0) is 19.4. The van der Waals surface area contributed by atoms with E-state index in [0.717, 1.165) is 0 Å². The lowest BCUT2D eigenvalue weighted by Gasteiger charge is -2.10. The molecule has 140 valence electrons. The number of aliphatic imine (C=N–C) groups is 1. The topological polar surface area (TPSA) is 131 Å². The molecule has 1 aromatic carbocycles. The number of rotatable bonds is 5. The zero-order valence-corrected chi connectivity index (χ0v) is 15.2. The van der Waals surface area contributed by atoms with Crippen LogP contribution in [-0.2, 0) is 4.74 Å². The molecule has 0 radical (unpaired) electrons. The number of ether oxygens (including phenoxy) is 3. The molecule has 9 nitrogen and oxygen atoms in total. The smallest absolute Gasteiger partial charge is 0.296 e. The number of benzene rings is 1. The second-order valence-electron chi connectivity index (χ2n) is 5.85. The molecule has 3 aromatic rings. The van der Waals surface area contributed by atoms with Crippen LogP contribution in [0.5, 0.6) is 11.6 Å². The number of methoxy groups -OCH3 is 1. The predicted molar refractivity (Wildman–Crippen MR) is 102 cm³/mol. The van der Waals surface area contributed by atoms with Gasteiger partial charge in [0.25, 0.3) is 6.02 Å². The average molecular weight is 368 g/mol. The van der Waals surface area contributed by atoms with Gasteiger partial charge in [0.2, 0.25) is 17.7 Å². The van der Waals surface area contributed by atoms with Crippen molar-refractivity contribution in [2.75, 3.05) is 7.11 Å². The molecule has 2 aromatic heterocycles. The molecule has 0 bridgehead atoms. The third-order valence-corrected chi connectivity index (χ3v) is 3.46. The number of imidazole rings is 1. The van der Waals surface area contributed by atoms with Crippen molar-refractivity contribution in [2.24, 2.45) is 10.7 Å². The van der Waals surface area contributed by atoms with Gasteiger partial charge < -0.3 is 24.9 Å². The second kappa shape index (κ2) is 7.73. The number of nitrogens with one attached hydrogen (secondary N) is 2. The Hall–Kier alpha value is -3.62. The fraction of sp³-hybridized carbons (Fsp3) is 0.222. The Morgan fingerprint density at radius 1 is 1.22 bits per heavy atom. The lowest BCUT2D eigenvalue weighted by Crippen LogP contribution is -2.20. The minimum absolute atomic E-state index is 0.0759. The van der Waals surface area contributed by atoms with Crippen LogP contribution in [0.3, 0.4) is 0 Å². The number of aromatic nitrogens is 3. The maximum absolute atomic E-state index is 8.02. The molecule has 0 saturated carbocycles. The van der Waals surface area contributed by atoms with Crippen molar-refractivity contribution in [3.8, 4) is 11.6 Å². The van der Waals surface area contributed by atoms with Crippen LogP contribution in [-0.4, -0.2) is 40.1 Å². The Morgan fingerprint density at radius 2 is 1.96 bits per heavy atom. The van der Waals surface area contributed by atoms with Crippen LogP contribution < -0.4 is 15.2 Å². The standard InChI is InChI=1S/C18H20N6O3/c1-10(2)26-12-6-4-11(5-7-12)15(19)27-17(20)24-18-22-13-8-9-21-16(25-3)14(13)23-18/h4-10,19H,1-3H3,(H3,20,22,23,24). The Morgan fingerprint density at radius 3 is 2.63 bits per heavy atom. The lowest BCUT2D eigenvalue weighted by atomic mass is 10.2. The lowest BCUT2D eigenvalue weighted by molar-refractivity contribution is 0.242. The number of hydrogen-bond acceptors (Lipinski definition) is 7. The molecule has 4 N–H and O–H groups in total. The van der Waals surface area contributed by atoms with Crippen LogP contribution in [0.4, 0.5) is 5.95 Å². The summed E-state index contributed by atoms with van der Waals surface area (Å²) in [5.41, 5.74) is 7.56. The molecule has 0 saturated heterocycles. The second-order valence-corrected chi connectivity index (χ2v) is 5.85. The van der Waals surface area contributed by atoms with E-state index in [0.29, 0.717) is 28.2 Å².